The van der Waals surface area contributed by atoms with Crippen LogP contribution in [0.4, 0.5) is 5.95 Å². The smallest absolute Gasteiger partial charge is 0.207 e. The fraction of sp³-hybridized carbons (Fsp3) is 0.250. The first-order chi connectivity index (χ1) is 8.24. The van der Waals surface area contributed by atoms with Crippen LogP contribution in [-0.2, 0) is 0 Å². The van der Waals surface area contributed by atoms with E-state index in [9.17, 15) is 0 Å². The molecule has 1 N–H and O–H groups in total. The second kappa shape index (κ2) is 5.56. The minimum atomic E-state index is 0.692. The molecule has 0 aliphatic carbocycles. The quantitative estimate of drug-likeness (QED) is 0.920. The lowest BCUT2D eigenvalue weighted by molar-refractivity contribution is 0.935. The Labute approximate surface area is 114 Å². The van der Waals surface area contributed by atoms with Gasteiger partial charge in [-0.05, 0) is 34.5 Å². The lowest BCUT2D eigenvalue weighted by atomic mass is 10.3. The Morgan fingerprint density at radius 1 is 1.47 bits per heavy atom. The van der Waals surface area contributed by atoms with Gasteiger partial charge in [-0.15, -0.1) is 0 Å². The summed E-state index contributed by atoms with van der Waals surface area (Å²) < 4.78 is 2.85. The highest BCUT2D eigenvalue weighted by atomic mass is 79.9. The van der Waals surface area contributed by atoms with Crippen molar-refractivity contribution in [3.05, 3.63) is 40.1 Å². The van der Waals surface area contributed by atoms with Crippen molar-refractivity contribution in [2.75, 3.05) is 11.9 Å². The van der Waals surface area contributed by atoms with Crippen LogP contribution in [0.3, 0.4) is 0 Å². The summed E-state index contributed by atoms with van der Waals surface area (Å²) in [5.41, 5.74) is 0.980. The van der Waals surface area contributed by atoms with Crippen molar-refractivity contribution in [1.82, 2.24) is 9.55 Å². The molecular formula is C12H13BrClN3. The predicted octanol–water partition coefficient (Wildman–Crippen LogP) is 4.11. The molecule has 3 nitrogen and oxygen atoms in total. The van der Waals surface area contributed by atoms with Crippen molar-refractivity contribution in [3.63, 3.8) is 0 Å². The van der Waals surface area contributed by atoms with E-state index in [2.05, 4.69) is 33.2 Å². The van der Waals surface area contributed by atoms with Crippen LogP contribution in [0.2, 0.25) is 5.02 Å². The second-order valence-corrected chi connectivity index (χ2v) is 4.82. The Balaban J connectivity index is 2.39. The zero-order valence-electron chi connectivity index (χ0n) is 9.45. The molecule has 0 amide bonds. The lowest BCUT2D eigenvalue weighted by Crippen LogP contribution is -2.07. The van der Waals surface area contributed by atoms with E-state index in [-0.39, 0.29) is 0 Å². The number of benzene rings is 1. The molecule has 0 saturated carbocycles. The zero-order chi connectivity index (χ0) is 12.3. The van der Waals surface area contributed by atoms with Gasteiger partial charge in [0, 0.05) is 18.9 Å². The van der Waals surface area contributed by atoms with Crippen LogP contribution in [-0.4, -0.2) is 16.1 Å². The Hall–Kier alpha value is -1.000. The molecule has 0 spiro atoms. The predicted molar refractivity (Wildman–Crippen MR) is 75.1 cm³/mol. The van der Waals surface area contributed by atoms with Gasteiger partial charge in [-0.25, -0.2) is 4.98 Å². The molecule has 0 unspecified atom stereocenters. The molecule has 2 rings (SSSR count). The number of anilines is 1. The fourth-order valence-corrected chi connectivity index (χ4v) is 2.17. The van der Waals surface area contributed by atoms with Gasteiger partial charge in [0.15, 0.2) is 0 Å². The van der Waals surface area contributed by atoms with Crippen LogP contribution >= 0.6 is 27.5 Å². The van der Waals surface area contributed by atoms with Crippen molar-refractivity contribution >= 4 is 33.5 Å². The van der Waals surface area contributed by atoms with Crippen molar-refractivity contribution < 1.29 is 0 Å². The Morgan fingerprint density at radius 2 is 2.29 bits per heavy atom. The minimum absolute atomic E-state index is 0.692. The molecule has 0 fully saturated rings. The number of aromatic nitrogens is 2. The lowest BCUT2D eigenvalue weighted by Gasteiger charge is -2.11. The Bertz CT molecular complexity index is 510. The Morgan fingerprint density at radius 3 is 3.06 bits per heavy atom. The van der Waals surface area contributed by atoms with Crippen molar-refractivity contribution in [3.8, 4) is 5.69 Å². The standard InChI is InChI=1S/C12H13BrClN3/c1-2-6-15-12-16-7-8-17(12)10-5-3-4-9(14)11(10)13/h3-5,7-8H,2,6H2,1H3,(H,15,16). The number of halogens is 2. The van der Waals surface area contributed by atoms with Gasteiger partial charge in [-0.2, -0.15) is 0 Å². The molecule has 0 saturated heterocycles. The maximum Gasteiger partial charge on any atom is 0.207 e. The highest BCUT2D eigenvalue weighted by Gasteiger charge is 2.09. The Kier molecular flexibility index (Phi) is 4.07. The number of hydrogen-bond acceptors (Lipinski definition) is 2. The first kappa shape index (κ1) is 12.5. The van der Waals surface area contributed by atoms with Crippen molar-refractivity contribution in [2.45, 2.75) is 13.3 Å². The van der Waals surface area contributed by atoms with Gasteiger partial charge in [0.05, 0.1) is 15.2 Å². The third kappa shape index (κ3) is 2.64. The molecule has 1 aromatic heterocycles. The molecular weight excluding hydrogens is 302 g/mol. The highest BCUT2D eigenvalue weighted by Crippen LogP contribution is 2.30. The molecule has 5 heteroatoms. The summed E-state index contributed by atoms with van der Waals surface area (Å²) in [7, 11) is 0. The second-order valence-electron chi connectivity index (χ2n) is 3.62. The zero-order valence-corrected chi connectivity index (χ0v) is 11.8. The number of nitrogens with zero attached hydrogens (tertiary/aromatic N) is 2. The third-order valence-electron chi connectivity index (χ3n) is 2.36. The van der Waals surface area contributed by atoms with Gasteiger partial charge in [-0.1, -0.05) is 24.6 Å². The van der Waals surface area contributed by atoms with Crippen LogP contribution in [0.5, 0.6) is 0 Å². The maximum absolute atomic E-state index is 6.09. The first-order valence-electron chi connectivity index (χ1n) is 5.45. The van der Waals surface area contributed by atoms with E-state index in [1.807, 2.05) is 29.0 Å². The van der Waals surface area contributed by atoms with Gasteiger partial charge in [0.25, 0.3) is 0 Å². The van der Waals surface area contributed by atoms with E-state index in [0.717, 1.165) is 29.1 Å². The summed E-state index contributed by atoms with van der Waals surface area (Å²) in [6.45, 7) is 3.02. The summed E-state index contributed by atoms with van der Waals surface area (Å²) in [5.74, 6) is 0.829. The topological polar surface area (TPSA) is 29.9 Å². The molecule has 2 aromatic rings. The average Bonchev–Trinajstić information content (AvgIpc) is 2.78. The van der Waals surface area contributed by atoms with Gasteiger partial charge >= 0.3 is 0 Å². The molecule has 1 heterocycles. The first-order valence-corrected chi connectivity index (χ1v) is 6.62. The molecule has 0 bridgehead atoms. The largest absolute Gasteiger partial charge is 0.355 e. The van der Waals surface area contributed by atoms with Gasteiger partial charge in [0.1, 0.15) is 0 Å². The molecule has 0 aliphatic rings. The van der Waals surface area contributed by atoms with Gasteiger partial charge < -0.3 is 5.32 Å². The van der Waals surface area contributed by atoms with E-state index in [1.165, 1.54) is 0 Å². The number of rotatable bonds is 4. The molecule has 0 radical (unpaired) electrons. The maximum atomic E-state index is 6.09. The SMILES string of the molecule is CCCNc1nccn1-c1cccc(Cl)c1Br. The van der Waals surface area contributed by atoms with E-state index >= 15 is 0 Å². The molecule has 90 valence electrons. The number of nitrogens with one attached hydrogen (secondary N) is 1. The third-order valence-corrected chi connectivity index (χ3v) is 3.74. The summed E-state index contributed by atoms with van der Waals surface area (Å²) in [4.78, 5) is 4.29. The molecule has 0 aliphatic heterocycles. The summed E-state index contributed by atoms with van der Waals surface area (Å²) >= 11 is 9.58. The monoisotopic (exact) mass is 313 g/mol. The molecule has 1 aromatic carbocycles. The van der Waals surface area contributed by atoms with Crippen molar-refractivity contribution in [2.24, 2.45) is 0 Å². The molecule has 17 heavy (non-hydrogen) atoms. The van der Waals surface area contributed by atoms with E-state index < -0.39 is 0 Å². The van der Waals surface area contributed by atoms with E-state index in [1.54, 1.807) is 6.20 Å². The molecule has 0 atom stereocenters. The fourth-order valence-electron chi connectivity index (χ4n) is 1.54. The normalized spacial score (nSPS) is 10.5. The van der Waals surface area contributed by atoms with Gasteiger partial charge in [-0.3, -0.25) is 4.57 Å². The van der Waals surface area contributed by atoms with E-state index in [4.69, 9.17) is 11.6 Å². The van der Waals surface area contributed by atoms with Crippen LogP contribution in [0.15, 0.2) is 35.1 Å². The number of hydrogen-bond donors (Lipinski definition) is 1. The number of imidazole rings is 1. The minimum Gasteiger partial charge on any atom is -0.355 e. The van der Waals surface area contributed by atoms with Crippen LogP contribution in [0.25, 0.3) is 5.69 Å². The summed E-state index contributed by atoms with van der Waals surface area (Å²) in [6, 6.07) is 5.77. The van der Waals surface area contributed by atoms with Crippen LogP contribution in [0.1, 0.15) is 13.3 Å². The van der Waals surface area contributed by atoms with E-state index in [0.29, 0.717) is 5.02 Å². The summed E-state index contributed by atoms with van der Waals surface area (Å²) in [6.07, 6.45) is 4.74. The van der Waals surface area contributed by atoms with Gasteiger partial charge in [0.2, 0.25) is 5.95 Å². The van der Waals surface area contributed by atoms with Crippen molar-refractivity contribution in [1.29, 1.82) is 0 Å². The highest BCUT2D eigenvalue weighted by molar-refractivity contribution is 9.10. The van der Waals surface area contributed by atoms with Crippen LogP contribution in [0, 0.1) is 0 Å². The average molecular weight is 315 g/mol. The van der Waals surface area contributed by atoms with Crippen LogP contribution < -0.4 is 5.32 Å². The summed E-state index contributed by atoms with van der Waals surface area (Å²) in [5, 5.41) is 3.97.